The highest BCUT2D eigenvalue weighted by atomic mass is 35.5. The number of alkyl halides is 4. The molecule has 0 aliphatic rings. The Morgan fingerprint density at radius 2 is 2.10 bits per heavy atom. The Bertz CT molecular complexity index is 126. The monoisotopic (exact) mass is 174 g/mol. The van der Waals surface area contributed by atoms with Crippen LogP contribution in [0, 0.1) is 0 Å². The molecule has 0 N–H and O–H groups in total. The summed E-state index contributed by atoms with van der Waals surface area (Å²) in [5.41, 5.74) is 0. The molecular formula is C4H6ClF3N2. The van der Waals surface area contributed by atoms with Gasteiger partial charge in [0.2, 0.25) is 0 Å². The van der Waals surface area contributed by atoms with Gasteiger partial charge in [0.25, 0.3) is 0 Å². The van der Waals surface area contributed by atoms with Crippen LogP contribution in [0.4, 0.5) is 13.2 Å². The summed E-state index contributed by atoms with van der Waals surface area (Å²) >= 11 is 4.57. The number of hydrogen-bond donors (Lipinski definition) is 0. The van der Waals surface area contributed by atoms with Gasteiger partial charge in [0, 0.05) is 0 Å². The zero-order valence-corrected chi connectivity index (χ0v) is 5.95. The van der Waals surface area contributed by atoms with Crippen molar-refractivity contribution in [3.63, 3.8) is 0 Å². The van der Waals surface area contributed by atoms with Crippen LogP contribution in [0.3, 0.4) is 0 Å². The molecule has 0 fully saturated rings. The number of rotatable bonds is 3. The third-order valence-corrected chi connectivity index (χ3v) is 0.849. The average molecular weight is 175 g/mol. The van der Waals surface area contributed by atoms with Gasteiger partial charge in [-0.25, -0.2) is 8.78 Å². The van der Waals surface area contributed by atoms with Crippen molar-refractivity contribution in [2.45, 2.75) is 18.6 Å². The fourth-order valence-corrected chi connectivity index (χ4v) is 0.262. The van der Waals surface area contributed by atoms with Crippen LogP contribution in [-0.4, -0.2) is 18.2 Å². The van der Waals surface area contributed by atoms with E-state index in [0.29, 0.717) is 0 Å². The second-order valence-electron chi connectivity index (χ2n) is 1.45. The van der Waals surface area contributed by atoms with Crippen LogP contribution in [-0.2, 0) is 0 Å². The molecule has 0 aromatic heterocycles. The van der Waals surface area contributed by atoms with E-state index in [4.69, 9.17) is 0 Å². The highest BCUT2D eigenvalue weighted by molar-refractivity contribution is 6.22. The standard InChI is InChI=1S/C4H6ClF3N2/c1-2-9-10-4(5,8)3(6)7/h3H,2H2,1H3. The van der Waals surface area contributed by atoms with Crippen LogP contribution in [0.1, 0.15) is 6.92 Å². The van der Waals surface area contributed by atoms with Crippen molar-refractivity contribution in [2.24, 2.45) is 10.2 Å². The summed E-state index contributed by atoms with van der Waals surface area (Å²) in [7, 11) is 0. The van der Waals surface area contributed by atoms with E-state index in [1.165, 1.54) is 6.92 Å². The zero-order chi connectivity index (χ0) is 8.20. The van der Waals surface area contributed by atoms with Gasteiger partial charge in [0.05, 0.1) is 6.54 Å². The number of halogens is 4. The maximum Gasteiger partial charge on any atom is 0.352 e. The Labute approximate surface area is 61.1 Å². The molecule has 0 spiro atoms. The molecule has 0 rings (SSSR count). The van der Waals surface area contributed by atoms with E-state index >= 15 is 0 Å². The van der Waals surface area contributed by atoms with Gasteiger partial charge in [-0.3, -0.25) is 0 Å². The highest BCUT2D eigenvalue weighted by Gasteiger charge is 2.38. The van der Waals surface area contributed by atoms with E-state index in [9.17, 15) is 13.2 Å². The minimum Gasteiger partial charge on any atom is -0.203 e. The molecule has 0 radical (unpaired) electrons. The van der Waals surface area contributed by atoms with Crippen LogP contribution in [0.15, 0.2) is 10.2 Å². The summed E-state index contributed by atoms with van der Waals surface area (Å²) in [6.45, 7) is 1.66. The molecule has 0 aliphatic heterocycles. The van der Waals surface area contributed by atoms with Gasteiger partial charge in [-0.05, 0) is 18.5 Å². The lowest BCUT2D eigenvalue weighted by molar-refractivity contribution is 0.0228. The molecule has 1 unspecified atom stereocenters. The second kappa shape index (κ2) is 3.75. The minimum absolute atomic E-state index is 0.130. The molecule has 0 saturated carbocycles. The Balaban J connectivity index is 3.98. The Morgan fingerprint density at radius 3 is 2.40 bits per heavy atom. The zero-order valence-electron chi connectivity index (χ0n) is 5.19. The van der Waals surface area contributed by atoms with Crippen molar-refractivity contribution in [3.05, 3.63) is 0 Å². The first-order valence-electron chi connectivity index (χ1n) is 2.55. The first kappa shape index (κ1) is 9.68. The van der Waals surface area contributed by atoms with Crippen molar-refractivity contribution in [2.75, 3.05) is 6.54 Å². The molecule has 0 saturated heterocycles. The van der Waals surface area contributed by atoms with Gasteiger partial charge < -0.3 is 0 Å². The van der Waals surface area contributed by atoms with Crippen LogP contribution in [0.5, 0.6) is 0 Å². The second-order valence-corrected chi connectivity index (χ2v) is 1.98. The lowest BCUT2D eigenvalue weighted by atomic mass is 10.6. The Kier molecular flexibility index (Phi) is 3.63. The average Bonchev–Trinajstić information content (AvgIpc) is 1.84. The topological polar surface area (TPSA) is 24.7 Å². The number of azo groups is 1. The molecule has 60 valence electrons. The lowest BCUT2D eigenvalue weighted by Gasteiger charge is -2.07. The normalized spacial score (nSPS) is 18.2. The van der Waals surface area contributed by atoms with Crippen molar-refractivity contribution in [1.82, 2.24) is 0 Å². The molecule has 0 amide bonds. The van der Waals surface area contributed by atoms with Crippen molar-refractivity contribution >= 4 is 11.6 Å². The van der Waals surface area contributed by atoms with E-state index in [-0.39, 0.29) is 6.54 Å². The number of nitrogens with zero attached hydrogens (tertiary/aromatic N) is 2. The van der Waals surface area contributed by atoms with Gasteiger partial charge >= 0.3 is 11.7 Å². The lowest BCUT2D eigenvalue weighted by Crippen LogP contribution is -2.21. The van der Waals surface area contributed by atoms with E-state index in [1.807, 2.05) is 0 Å². The third-order valence-electron chi connectivity index (χ3n) is 0.608. The smallest absolute Gasteiger partial charge is 0.203 e. The summed E-state index contributed by atoms with van der Waals surface area (Å²) in [6, 6.07) is 0. The summed E-state index contributed by atoms with van der Waals surface area (Å²) in [5, 5.41) is 2.20. The van der Waals surface area contributed by atoms with E-state index in [1.54, 1.807) is 0 Å². The molecule has 0 aliphatic carbocycles. The molecule has 0 aromatic carbocycles. The predicted molar refractivity (Wildman–Crippen MR) is 31.1 cm³/mol. The molecule has 0 bridgehead atoms. The fraction of sp³-hybridized carbons (Fsp3) is 1.00. The maximum atomic E-state index is 12.2. The van der Waals surface area contributed by atoms with E-state index in [0.717, 1.165) is 0 Å². The quantitative estimate of drug-likeness (QED) is 0.357. The van der Waals surface area contributed by atoms with Gasteiger partial charge in [0.15, 0.2) is 0 Å². The molecule has 1 atom stereocenters. The van der Waals surface area contributed by atoms with Gasteiger partial charge in [-0.15, -0.1) is 5.11 Å². The summed E-state index contributed by atoms with van der Waals surface area (Å²) < 4.78 is 35.1. The molecule has 10 heavy (non-hydrogen) atoms. The summed E-state index contributed by atoms with van der Waals surface area (Å²) in [4.78, 5) is 0. The molecular weight excluding hydrogens is 169 g/mol. The Morgan fingerprint density at radius 1 is 1.60 bits per heavy atom. The van der Waals surface area contributed by atoms with E-state index < -0.39 is 11.7 Å². The largest absolute Gasteiger partial charge is 0.352 e. The van der Waals surface area contributed by atoms with Crippen molar-refractivity contribution in [3.8, 4) is 0 Å². The van der Waals surface area contributed by atoms with Crippen LogP contribution in [0.25, 0.3) is 0 Å². The van der Waals surface area contributed by atoms with Crippen LogP contribution < -0.4 is 0 Å². The molecule has 0 heterocycles. The van der Waals surface area contributed by atoms with Gasteiger partial charge in [-0.2, -0.15) is 9.50 Å². The highest BCUT2D eigenvalue weighted by Crippen LogP contribution is 2.27. The fourth-order valence-electron chi connectivity index (χ4n) is 0.209. The molecule has 6 heteroatoms. The van der Waals surface area contributed by atoms with E-state index in [2.05, 4.69) is 21.8 Å². The number of hydrogen-bond acceptors (Lipinski definition) is 2. The predicted octanol–water partition coefficient (Wildman–Crippen LogP) is 2.59. The summed E-state index contributed by atoms with van der Waals surface area (Å²) in [6.07, 6.45) is -3.34. The van der Waals surface area contributed by atoms with Crippen molar-refractivity contribution in [1.29, 1.82) is 0 Å². The summed E-state index contributed by atoms with van der Waals surface area (Å²) in [5.74, 6) is 0. The van der Waals surface area contributed by atoms with Gasteiger partial charge in [-0.1, -0.05) is 0 Å². The molecule has 2 nitrogen and oxygen atoms in total. The first-order valence-corrected chi connectivity index (χ1v) is 2.93. The Hall–Kier alpha value is -0.320. The SMILES string of the molecule is CCN=NC(F)(Cl)C(F)F. The van der Waals surface area contributed by atoms with Crippen LogP contribution >= 0.6 is 11.6 Å². The molecule has 0 aromatic rings. The van der Waals surface area contributed by atoms with Crippen LogP contribution in [0.2, 0.25) is 0 Å². The minimum atomic E-state index is -3.35. The van der Waals surface area contributed by atoms with Crippen molar-refractivity contribution < 1.29 is 13.2 Å². The third kappa shape index (κ3) is 3.00. The maximum absolute atomic E-state index is 12.2. The first-order chi connectivity index (χ1) is 4.50. The van der Waals surface area contributed by atoms with Gasteiger partial charge in [0.1, 0.15) is 0 Å².